The molecule has 2 atom stereocenters. The summed E-state index contributed by atoms with van der Waals surface area (Å²) in [4.78, 5) is 10.6. The first-order valence-corrected chi connectivity index (χ1v) is 5.13. The first-order chi connectivity index (χ1) is 7.11. The molecule has 0 bridgehead atoms. The summed E-state index contributed by atoms with van der Waals surface area (Å²) in [6.07, 6.45) is 1.68. The summed E-state index contributed by atoms with van der Waals surface area (Å²) in [6, 6.07) is 9.26. The van der Waals surface area contributed by atoms with E-state index in [9.17, 15) is 4.79 Å². The molecule has 15 heavy (non-hydrogen) atoms. The van der Waals surface area contributed by atoms with Crippen molar-refractivity contribution in [1.29, 1.82) is 0 Å². The third kappa shape index (κ3) is 3.72. The van der Waals surface area contributed by atoms with E-state index in [1.807, 2.05) is 37.3 Å². The van der Waals surface area contributed by atoms with Crippen molar-refractivity contribution in [2.75, 3.05) is 0 Å². The van der Waals surface area contributed by atoms with Gasteiger partial charge in [0.25, 0.3) is 0 Å². The molecule has 1 rings (SSSR count). The largest absolute Gasteiger partial charge is 0.480 e. The molecule has 1 aromatic carbocycles. The van der Waals surface area contributed by atoms with Gasteiger partial charge in [0.2, 0.25) is 0 Å². The van der Waals surface area contributed by atoms with Crippen LogP contribution >= 0.6 is 0 Å². The standard InChI is InChI=1S/C12H17NO2/c1-9(11(13)12(14)15)7-8-10-5-3-2-4-6-10/h2-6,9,11H,7-8,13H2,1H3,(H,14,15)/t9?,11-/m0/s1. The molecule has 1 aromatic rings. The van der Waals surface area contributed by atoms with E-state index in [4.69, 9.17) is 10.8 Å². The molecule has 3 N–H and O–H groups in total. The van der Waals surface area contributed by atoms with Crippen LogP contribution in [0.1, 0.15) is 18.9 Å². The van der Waals surface area contributed by atoms with Crippen LogP contribution < -0.4 is 5.73 Å². The van der Waals surface area contributed by atoms with Crippen LogP contribution in [0.25, 0.3) is 0 Å². The maximum Gasteiger partial charge on any atom is 0.320 e. The van der Waals surface area contributed by atoms with Crippen LogP contribution in [0.4, 0.5) is 0 Å². The van der Waals surface area contributed by atoms with Gasteiger partial charge in [0.05, 0.1) is 0 Å². The Balaban J connectivity index is 2.41. The van der Waals surface area contributed by atoms with Gasteiger partial charge in [-0.2, -0.15) is 0 Å². The number of carbonyl (C=O) groups is 1. The van der Waals surface area contributed by atoms with Gasteiger partial charge in [-0.1, -0.05) is 37.3 Å². The zero-order valence-electron chi connectivity index (χ0n) is 8.89. The van der Waals surface area contributed by atoms with Gasteiger partial charge < -0.3 is 10.8 Å². The fourth-order valence-electron chi connectivity index (χ4n) is 1.46. The molecule has 0 amide bonds. The highest BCUT2D eigenvalue weighted by atomic mass is 16.4. The topological polar surface area (TPSA) is 63.3 Å². The Morgan fingerprint density at radius 3 is 2.53 bits per heavy atom. The number of carboxylic acid groups (broad SMARTS) is 1. The highest BCUT2D eigenvalue weighted by molar-refractivity contribution is 5.73. The molecule has 0 heterocycles. The van der Waals surface area contributed by atoms with E-state index >= 15 is 0 Å². The molecule has 3 nitrogen and oxygen atoms in total. The molecule has 0 aromatic heterocycles. The van der Waals surface area contributed by atoms with Crippen molar-refractivity contribution in [2.24, 2.45) is 11.7 Å². The second-order valence-electron chi connectivity index (χ2n) is 3.87. The van der Waals surface area contributed by atoms with E-state index in [0.717, 1.165) is 12.8 Å². The average molecular weight is 207 g/mol. The van der Waals surface area contributed by atoms with Crippen molar-refractivity contribution in [1.82, 2.24) is 0 Å². The zero-order valence-corrected chi connectivity index (χ0v) is 8.89. The van der Waals surface area contributed by atoms with E-state index in [1.165, 1.54) is 5.56 Å². The second-order valence-corrected chi connectivity index (χ2v) is 3.87. The van der Waals surface area contributed by atoms with E-state index in [0.29, 0.717) is 0 Å². The van der Waals surface area contributed by atoms with Gasteiger partial charge in [-0.15, -0.1) is 0 Å². The summed E-state index contributed by atoms with van der Waals surface area (Å²) in [5.74, 6) is -0.918. The van der Waals surface area contributed by atoms with Gasteiger partial charge in [-0.3, -0.25) is 4.79 Å². The van der Waals surface area contributed by atoms with Crippen molar-refractivity contribution in [2.45, 2.75) is 25.8 Å². The van der Waals surface area contributed by atoms with Gasteiger partial charge in [0.1, 0.15) is 6.04 Å². The maximum atomic E-state index is 10.6. The van der Waals surface area contributed by atoms with Crippen LogP contribution in [0.15, 0.2) is 30.3 Å². The lowest BCUT2D eigenvalue weighted by atomic mass is 9.95. The molecular formula is C12H17NO2. The van der Waals surface area contributed by atoms with Crippen LogP contribution in [0.3, 0.4) is 0 Å². The minimum absolute atomic E-state index is 0.00251. The van der Waals surface area contributed by atoms with E-state index in [-0.39, 0.29) is 5.92 Å². The van der Waals surface area contributed by atoms with Crippen molar-refractivity contribution in [3.05, 3.63) is 35.9 Å². The molecule has 3 heteroatoms. The molecule has 1 unspecified atom stereocenters. The van der Waals surface area contributed by atoms with Gasteiger partial charge in [0, 0.05) is 0 Å². The van der Waals surface area contributed by atoms with Crippen molar-refractivity contribution >= 4 is 5.97 Å². The van der Waals surface area contributed by atoms with Crippen LogP contribution in [-0.4, -0.2) is 17.1 Å². The summed E-state index contributed by atoms with van der Waals surface area (Å²) in [7, 11) is 0. The molecular weight excluding hydrogens is 190 g/mol. The van der Waals surface area contributed by atoms with Crippen molar-refractivity contribution in [3.63, 3.8) is 0 Å². The Labute approximate surface area is 89.9 Å². The Bertz CT molecular complexity index is 311. The van der Waals surface area contributed by atoms with Gasteiger partial charge in [-0.05, 0) is 24.3 Å². The number of benzene rings is 1. The van der Waals surface area contributed by atoms with E-state index in [1.54, 1.807) is 0 Å². The molecule has 0 aliphatic heterocycles. The smallest absolute Gasteiger partial charge is 0.320 e. The SMILES string of the molecule is CC(CCc1ccccc1)[C@H](N)C(=O)O. The lowest BCUT2D eigenvalue weighted by Crippen LogP contribution is -2.36. The third-order valence-corrected chi connectivity index (χ3v) is 2.63. The Morgan fingerprint density at radius 2 is 2.00 bits per heavy atom. The Kier molecular flexibility index (Phi) is 4.31. The summed E-state index contributed by atoms with van der Waals surface area (Å²) in [5.41, 5.74) is 6.75. The first-order valence-electron chi connectivity index (χ1n) is 5.13. The normalized spacial score (nSPS) is 14.5. The fourth-order valence-corrected chi connectivity index (χ4v) is 1.46. The third-order valence-electron chi connectivity index (χ3n) is 2.63. The Morgan fingerprint density at radius 1 is 1.40 bits per heavy atom. The summed E-state index contributed by atoms with van der Waals surface area (Å²) < 4.78 is 0. The number of hydrogen-bond donors (Lipinski definition) is 2. The first kappa shape index (κ1) is 11.7. The molecule has 0 radical (unpaired) electrons. The summed E-state index contributed by atoms with van der Waals surface area (Å²) in [6.45, 7) is 1.88. The number of aryl methyl sites for hydroxylation is 1. The molecule has 0 saturated carbocycles. The average Bonchev–Trinajstić information content (AvgIpc) is 2.26. The minimum Gasteiger partial charge on any atom is -0.480 e. The predicted octanol–water partition coefficient (Wildman–Crippen LogP) is 1.67. The monoisotopic (exact) mass is 207 g/mol. The lowest BCUT2D eigenvalue weighted by molar-refractivity contribution is -0.139. The number of nitrogens with two attached hydrogens (primary N) is 1. The Hall–Kier alpha value is -1.35. The van der Waals surface area contributed by atoms with Crippen LogP contribution in [0.2, 0.25) is 0 Å². The van der Waals surface area contributed by atoms with Gasteiger partial charge in [-0.25, -0.2) is 0 Å². The second kappa shape index (κ2) is 5.51. The lowest BCUT2D eigenvalue weighted by Gasteiger charge is -2.15. The molecule has 0 spiro atoms. The molecule has 82 valence electrons. The van der Waals surface area contributed by atoms with Crippen molar-refractivity contribution < 1.29 is 9.90 Å². The van der Waals surface area contributed by atoms with Crippen LogP contribution in [0.5, 0.6) is 0 Å². The molecule has 0 fully saturated rings. The fraction of sp³-hybridized carbons (Fsp3) is 0.417. The number of hydrogen-bond acceptors (Lipinski definition) is 2. The zero-order chi connectivity index (χ0) is 11.3. The summed E-state index contributed by atoms with van der Waals surface area (Å²) >= 11 is 0. The number of carboxylic acids is 1. The van der Waals surface area contributed by atoms with Crippen LogP contribution in [0, 0.1) is 5.92 Å². The summed E-state index contributed by atoms with van der Waals surface area (Å²) in [5, 5.41) is 8.72. The maximum absolute atomic E-state index is 10.6. The van der Waals surface area contributed by atoms with E-state index < -0.39 is 12.0 Å². The quantitative estimate of drug-likeness (QED) is 0.772. The number of aliphatic carboxylic acids is 1. The predicted molar refractivity (Wildman–Crippen MR) is 59.5 cm³/mol. The van der Waals surface area contributed by atoms with Crippen LogP contribution in [-0.2, 0) is 11.2 Å². The van der Waals surface area contributed by atoms with Crippen molar-refractivity contribution in [3.8, 4) is 0 Å². The molecule has 0 saturated heterocycles. The van der Waals surface area contributed by atoms with Gasteiger partial charge >= 0.3 is 5.97 Å². The minimum atomic E-state index is -0.921. The number of rotatable bonds is 5. The molecule has 0 aliphatic rings. The highest BCUT2D eigenvalue weighted by Gasteiger charge is 2.19. The van der Waals surface area contributed by atoms with Gasteiger partial charge in [0.15, 0.2) is 0 Å². The highest BCUT2D eigenvalue weighted by Crippen LogP contribution is 2.11. The van der Waals surface area contributed by atoms with E-state index in [2.05, 4.69) is 0 Å². The molecule has 0 aliphatic carbocycles.